The minimum Gasteiger partial charge on any atom is -0.381 e. The number of hydrogen-bond donors (Lipinski definition) is 1. The van der Waals surface area contributed by atoms with Gasteiger partial charge in [-0.3, -0.25) is 9.69 Å². The van der Waals surface area contributed by atoms with E-state index >= 15 is 0 Å². The van der Waals surface area contributed by atoms with Crippen LogP contribution in [0.4, 0.5) is 0 Å². The number of hydrogen-bond acceptors (Lipinski definition) is 4. The van der Waals surface area contributed by atoms with Gasteiger partial charge in [0.1, 0.15) is 6.54 Å². The van der Waals surface area contributed by atoms with Crippen LogP contribution in [-0.4, -0.2) is 92.6 Å². The Morgan fingerprint density at radius 2 is 1.90 bits per heavy atom. The molecule has 31 heavy (non-hydrogen) atoms. The zero-order valence-electron chi connectivity index (χ0n) is 19.4. The molecule has 0 aromatic heterocycles. The van der Waals surface area contributed by atoms with Crippen molar-refractivity contribution in [3.8, 4) is 0 Å². The number of rotatable bonds is 8. The first-order chi connectivity index (χ1) is 15.0. The molecule has 0 bridgehead atoms. The lowest BCUT2D eigenvalue weighted by atomic mass is 10.0. The van der Waals surface area contributed by atoms with E-state index in [9.17, 15) is 4.79 Å². The van der Waals surface area contributed by atoms with E-state index in [0.717, 1.165) is 71.2 Å². The molecule has 1 aromatic rings. The maximum absolute atomic E-state index is 12.1. The van der Waals surface area contributed by atoms with E-state index in [2.05, 4.69) is 45.4 Å². The number of guanidine groups is 1. The third kappa shape index (κ3) is 7.51. The van der Waals surface area contributed by atoms with E-state index < -0.39 is 0 Å². The molecule has 2 saturated heterocycles. The predicted octanol–water partition coefficient (Wildman–Crippen LogP) is 2.04. The van der Waals surface area contributed by atoms with Gasteiger partial charge in [-0.2, -0.15) is 0 Å². The lowest BCUT2D eigenvalue weighted by Gasteiger charge is -2.34. The van der Waals surface area contributed by atoms with Crippen LogP contribution >= 0.6 is 0 Å². The number of ether oxygens (including phenoxy) is 1. The number of aliphatic imine (C=N–C) groups is 1. The van der Waals surface area contributed by atoms with Gasteiger partial charge in [0.25, 0.3) is 0 Å². The first-order valence-corrected chi connectivity index (χ1v) is 11.6. The number of carbonyl (C=O) groups is 1. The molecule has 2 aliphatic heterocycles. The molecule has 2 aliphatic rings. The first kappa shape index (κ1) is 23.5. The Kier molecular flexibility index (Phi) is 9.15. The van der Waals surface area contributed by atoms with Crippen molar-refractivity contribution in [2.24, 2.45) is 10.9 Å². The second-order valence-electron chi connectivity index (χ2n) is 8.87. The summed E-state index contributed by atoms with van der Waals surface area (Å²) < 4.78 is 5.63. The maximum atomic E-state index is 12.1. The highest BCUT2D eigenvalue weighted by atomic mass is 16.5. The normalized spacial score (nSPS) is 20.8. The summed E-state index contributed by atoms with van der Waals surface area (Å²) in [7, 11) is 3.56. The fourth-order valence-electron chi connectivity index (χ4n) is 4.23. The fraction of sp³-hybridized carbons (Fsp3) is 0.667. The van der Waals surface area contributed by atoms with Crippen molar-refractivity contribution in [3.05, 3.63) is 35.9 Å². The van der Waals surface area contributed by atoms with Gasteiger partial charge < -0.3 is 19.9 Å². The average molecular weight is 430 g/mol. The molecule has 1 aromatic carbocycles. The smallest absolute Gasteiger partial charge is 0.243 e. The second-order valence-corrected chi connectivity index (χ2v) is 8.87. The molecule has 3 rings (SSSR count). The number of amides is 1. The van der Waals surface area contributed by atoms with Crippen molar-refractivity contribution in [2.45, 2.75) is 38.8 Å². The molecule has 1 amide bonds. The molecule has 0 saturated carbocycles. The van der Waals surface area contributed by atoms with Crippen LogP contribution in [0.15, 0.2) is 35.3 Å². The van der Waals surface area contributed by atoms with Gasteiger partial charge in [0, 0.05) is 65.4 Å². The summed E-state index contributed by atoms with van der Waals surface area (Å²) >= 11 is 0. The first-order valence-electron chi connectivity index (χ1n) is 11.6. The van der Waals surface area contributed by atoms with E-state index in [1.54, 1.807) is 19.0 Å². The van der Waals surface area contributed by atoms with Gasteiger partial charge in [0.05, 0.1) is 6.61 Å². The number of benzene rings is 1. The minimum absolute atomic E-state index is 0.0297. The van der Waals surface area contributed by atoms with E-state index in [-0.39, 0.29) is 12.5 Å². The van der Waals surface area contributed by atoms with E-state index in [1.807, 2.05) is 6.92 Å². The van der Waals surface area contributed by atoms with Crippen LogP contribution in [0, 0.1) is 5.92 Å². The largest absolute Gasteiger partial charge is 0.381 e. The number of nitrogens with one attached hydrogen (secondary N) is 1. The Bertz CT molecular complexity index is 701. The highest BCUT2D eigenvalue weighted by Gasteiger charge is 2.28. The van der Waals surface area contributed by atoms with E-state index in [4.69, 9.17) is 9.73 Å². The lowest BCUT2D eigenvalue weighted by molar-refractivity contribution is -0.127. The number of piperidine rings is 1. The summed E-state index contributed by atoms with van der Waals surface area (Å²) in [5.74, 6) is 1.45. The molecule has 0 radical (unpaired) electrons. The van der Waals surface area contributed by atoms with Gasteiger partial charge in [0.2, 0.25) is 5.91 Å². The molecule has 172 valence electrons. The molecular weight excluding hydrogens is 390 g/mol. The van der Waals surface area contributed by atoms with Crippen LogP contribution in [0.3, 0.4) is 0 Å². The quantitative estimate of drug-likeness (QED) is 0.506. The highest BCUT2D eigenvalue weighted by Crippen LogP contribution is 2.19. The van der Waals surface area contributed by atoms with Gasteiger partial charge >= 0.3 is 0 Å². The molecule has 1 unspecified atom stereocenters. The summed E-state index contributed by atoms with van der Waals surface area (Å²) in [6.45, 7) is 8.85. The summed E-state index contributed by atoms with van der Waals surface area (Å²) in [5, 5.41) is 3.69. The van der Waals surface area contributed by atoms with Crippen LogP contribution < -0.4 is 5.32 Å². The van der Waals surface area contributed by atoms with Crippen molar-refractivity contribution in [1.82, 2.24) is 20.0 Å². The van der Waals surface area contributed by atoms with Gasteiger partial charge in [-0.1, -0.05) is 30.3 Å². The zero-order valence-corrected chi connectivity index (χ0v) is 19.4. The topological polar surface area (TPSA) is 60.4 Å². The molecule has 7 nitrogen and oxygen atoms in total. The fourth-order valence-corrected chi connectivity index (χ4v) is 4.23. The summed E-state index contributed by atoms with van der Waals surface area (Å²) in [4.78, 5) is 23.3. The maximum Gasteiger partial charge on any atom is 0.243 e. The Morgan fingerprint density at radius 1 is 1.16 bits per heavy atom. The minimum atomic E-state index is 0.0297. The SMILES string of the molecule is CCOCC1CCN(C(=NCC(=O)N(C)C)NC2CCN(Cc3ccccc3)CC2)C1. The molecule has 2 fully saturated rings. The number of likely N-dealkylation sites (N-methyl/N-ethyl adjacent to an activating group) is 1. The lowest BCUT2D eigenvalue weighted by Crippen LogP contribution is -2.49. The summed E-state index contributed by atoms with van der Waals surface area (Å²) in [6, 6.07) is 11.1. The third-order valence-corrected chi connectivity index (χ3v) is 6.18. The van der Waals surface area contributed by atoms with Gasteiger partial charge in [-0.05, 0) is 31.7 Å². The van der Waals surface area contributed by atoms with E-state index in [0.29, 0.717) is 12.0 Å². The van der Waals surface area contributed by atoms with Gasteiger partial charge in [0.15, 0.2) is 5.96 Å². The molecule has 1 N–H and O–H groups in total. The van der Waals surface area contributed by atoms with Crippen LogP contribution in [0.25, 0.3) is 0 Å². The Balaban J connectivity index is 1.54. The Hall–Kier alpha value is -2.12. The van der Waals surface area contributed by atoms with Crippen molar-refractivity contribution in [1.29, 1.82) is 0 Å². The van der Waals surface area contributed by atoms with Crippen LogP contribution in [-0.2, 0) is 16.1 Å². The van der Waals surface area contributed by atoms with Crippen LogP contribution in [0.5, 0.6) is 0 Å². The van der Waals surface area contributed by atoms with Crippen molar-refractivity contribution in [3.63, 3.8) is 0 Å². The number of likely N-dealkylation sites (tertiary alicyclic amines) is 2. The molecule has 7 heteroatoms. The van der Waals surface area contributed by atoms with Gasteiger partial charge in [-0.15, -0.1) is 0 Å². The van der Waals surface area contributed by atoms with Crippen LogP contribution in [0.2, 0.25) is 0 Å². The van der Waals surface area contributed by atoms with Crippen molar-refractivity contribution < 1.29 is 9.53 Å². The van der Waals surface area contributed by atoms with Crippen molar-refractivity contribution in [2.75, 3.05) is 60.0 Å². The summed E-state index contributed by atoms with van der Waals surface area (Å²) in [6.07, 6.45) is 3.28. The molecule has 2 heterocycles. The Morgan fingerprint density at radius 3 is 2.58 bits per heavy atom. The van der Waals surface area contributed by atoms with Crippen molar-refractivity contribution >= 4 is 11.9 Å². The molecule has 0 aliphatic carbocycles. The standard InChI is InChI=1S/C24H39N5O2/c1-4-31-19-21-10-15-29(18-21)24(25-16-23(30)27(2)3)26-22-11-13-28(14-12-22)17-20-8-6-5-7-9-20/h5-9,21-22H,4,10-19H2,1-3H3,(H,25,26). The van der Waals surface area contributed by atoms with Gasteiger partial charge in [-0.25, -0.2) is 4.99 Å². The number of nitrogens with zero attached hydrogens (tertiary/aromatic N) is 4. The Labute approximate surface area is 187 Å². The molecule has 0 spiro atoms. The molecular formula is C24H39N5O2. The number of carbonyl (C=O) groups excluding carboxylic acids is 1. The predicted molar refractivity (Wildman–Crippen MR) is 125 cm³/mol. The second kappa shape index (κ2) is 12.1. The molecule has 1 atom stereocenters. The summed E-state index contributed by atoms with van der Waals surface area (Å²) in [5.41, 5.74) is 1.37. The third-order valence-electron chi connectivity index (χ3n) is 6.18. The zero-order chi connectivity index (χ0) is 22.1. The highest BCUT2D eigenvalue weighted by molar-refractivity contribution is 5.85. The monoisotopic (exact) mass is 429 g/mol. The van der Waals surface area contributed by atoms with E-state index in [1.165, 1.54) is 5.56 Å². The van der Waals surface area contributed by atoms with Crippen LogP contribution in [0.1, 0.15) is 31.7 Å². The average Bonchev–Trinajstić information content (AvgIpc) is 3.25.